The number of rotatable bonds is 7. The molecule has 1 aliphatic heterocycles. The molecule has 1 unspecified atom stereocenters. The lowest BCUT2D eigenvalue weighted by atomic mass is 10.0. The molecule has 4 rings (SSSR count). The first-order chi connectivity index (χ1) is 15.4. The number of carbonyl (C=O) groups is 1. The maximum atomic E-state index is 13.3. The SMILES string of the molecule is CN(C)c1cccc(C(=O)N2CCC(c3cc(CCOc4ccc(F)c(F)c4)[nH]n3)C2)c1. The summed E-state index contributed by atoms with van der Waals surface area (Å²) in [4.78, 5) is 16.8. The molecule has 6 nitrogen and oxygen atoms in total. The Balaban J connectivity index is 1.31. The molecule has 3 aromatic rings. The van der Waals surface area contributed by atoms with Crippen LogP contribution < -0.4 is 9.64 Å². The van der Waals surface area contributed by atoms with Crippen LogP contribution in [0.4, 0.5) is 14.5 Å². The molecular weight excluding hydrogens is 414 g/mol. The van der Waals surface area contributed by atoms with E-state index in [2.05, 4.69) is 10.2 Å². The molecule has 1 aromatic heterocycles. The number of carbonyl (C=O) groups excluding carboxylic acids is 1. The predicted octanol–water partition coefficient (Wildman–Crippen LogP) is 4.01. The minimum atomic E-state index is -0.930. The summed E-state index contributed by atoms with van der Waals surface area (Å²) in [5, 5.41) is 7.43. The molecule has 168 valence electrons. The minimum absolute atomic E-state index is 0.0342. The van der Waals surface area contributed by atoms with Crippen molar-refractivity contribution in [3.8, 4) is 5.75 Å². The molecule has 0 radical (unpaired) electrons. The van der Waals surface area contributed by atoms with Crippen molar-refractivity contribution in [2.45, 2.75) is 18.8 Å². The number of nitrogens with one attached hydrogen (secondary N) is 1. The summed E-state index contributed by atoms with van der Waals surface area (Å²) in [5.41, 5.74) is 3.50. The first kappa shape index (κ1) is 21.8. The Morgan fingerprint density at radius 2 is 2.03 bits per heavy atom. The van der Waals surface area contributed by atoms with E-state index in [1.807, 2.05) is 54.2 Å². The zero-order valence-electron chi connectivity index (χ0n) is 18.1. The summed E-state index contributed by atoms with van der Waals surface area (Å²) in [7, 11) is 3.90. The molecule has 2 aromatic carbocycles. The Morgan fingerprint density at radius 3 is 2.81 bits per heavy atom. The largest absolute Gasteiger partial charge is 0.493 e. The van der Waals surface area contributed by atoms with Gasteiger partial charge in [0.05, 0.1) is 12.3 Å². The molecule has 1 amide bonds. The van der Waals surface area contributed by atoms with Crippen molar-refractivity contribution in [2.24, 2.45) is 0 Å². The van der Waals surface area contributed by atoms with Crippen molar-refractivity contribution in [1.82, 2.24) is 15.1 Å². The number of anilines is 1. The molecule has 1 saturated heterocycles. The van der Waals surface area contributed by atoms with Gasteiger partial charge in [0.2, 0.25) is 0 Å². The normalized spacial score (nSPS) is 15.8. The molecule has 2 heterocycles. The topological polar surface area (TPSA) is 61.5 Å². The van der Waals surface area contributed by atoms with Gasteiger partial charge in [-0.25, -0.2) is 8.78 Å². The predicted molar refractivity (Wildman–Crippen MR) is 118 cm³/mol. The Hall–Kier alpha value is -3.42. The number of likely N-dealkylation sites (tertiary alicyclic amines) is 1. The fraction of sp³-hybridized carbons (Fsp3) is 0.333. The van der Waals surface area contributed by atoms with E-state index in [1.165, 1.54) is 6.07 Å². The number of aromatic amines is 1. The maximum absolute atomic E-state index is 13.3. The van der Waals surface area contributed by atoms with Gasteiger partial charge in [0, 0.05) is 62.5 Å². The van der Waals surface area contributed by atoms with Crippen LogP contribution in [0, 0.1) is 11.6 Å². The second-order valence-corrected chi connectivity index (χ2v) is 8.17. The van der Waals surface area contributed by atoms with Crippen LogP contribution in [0.5, 0.6) is 5.75 Å². The van der Waals surface area contributed by atoms with E-state index in [-0.39, 0.29) is 17.6 Å². The lowest BCUT2D eigenvalue weighted by Crippen LogP contribution is -2.28. The Labute approximate surface area is 185 Å². The molecule has 1 N–H and O–H groups in total. The van der Waals surface area contributed by atoms with Gasteiger partial charge >= 0.3 is 0 Å². The number of ether oxygens (including phenoxy) is 1. The van der Waals surface area contributed by atoms with Crippen molar-refractivity contribution < 1.29 is 18.3 Å². The molecule has 1 fully saturated rings. The standard InChI is InChI=1S/C24H26F2N4O2/c1-29(2)19-5-3-4-16(12-19)24(31)30-10-8-17(15-30)23-13-18(27-28-23)9-11-32-20-6-7-21(25)22(26)14-20/h3-7,12-14,17H,8-11,15H2,1-2H3,(H,27,28). The third-order valence-corrected chi connectivity index (χ3v) is 5.69. The van der Waals surface area contributed by atoms with E-state index in [4.69, 9.17) is 4.74 Å². The van der Waals surface area contributed by atoms with Crippen molar-refractivity contribution in [2.75, 3.05) is 38.7 Å². The molecule has 0 saturated carbocycles. The van der Waals surface area contributed by atoms with Gasteiger partial charge in [-0.05, 0) is 42.8 Å². The third-order valence-electron chi connectivity index (χ3n) is 5.69. The van der Waals surface area contributed by atoms with Gasteiger partial charge in [-0.3, -0.25) is 9.89 Å². The Kier molecular flexibility index (Phi) is 6.39. The van der Waals surface area contributed by atoms with Gasteiger partial charge in [0.25, 0.3) is 5.91 Å². The van der Waals surface area contributed by atoms with Gasteiger partial charge in [0.1, 0.15) is 5.75 Å². The van der Waals surface area contributed by atoms with Gasteiger partial charge in [-0.15, -0.1) is 0 Å². The van der Waals surface area contributed by atoms with Gasteiger partial charge < -0.3 is 14.5 Å². The number of H-pyrrole nitrogens is 1. The zero-order chi connectivity index (χ0) is 22.7. The second kappa shape index (κ2) is 9.38. The summed E-state index contributed by atoms with van der Waals surface area (Å²) in [6.07, 6.45) is 1.41. The highest BCUT2D eigenvalue weighted by Gasteiger charge is 2.29. The quantitative estimate of drug-likeness (QED) is 0.603. The number of benzene rings is 2. The molecule has 8 heteroatoms. The van der Waals surface area contributed by atoms with Crippen LogP contribution in [-0.4, -0.2) is 54.8 Å². The average molecular weight is 440 g/mol. The summed E-state index contributed by atoms with van der Waals surface area (Å²) in [6, 6.07) is 13.1. The minimum Gasteiger partial charge on any atom is -0.493 e. The average Bonchev–Trinajstić information content (AvgIpc) is 3.45. The highest BCUT2D eigenvalue weighted by atomic mass is 19.2. The lowest BCUT2D eigenvalue weighted by Gasteiger charge is -2.18. The zero-order valence-corrected chi connectivity index (χ0v) is 18.1. The Bertz CT molecular complexity index is 1100. The number of aromatic nitrogens is 2. The monoisotopic (exact) mass is 440 g/mol. The number of amides is 1. The van der Waals surface area contributed by atoms with Gasteiger partial charge in [-0.2, -0.15) is 5.10 Å². The van der Waals surface area contributed by atoms with Gasteiger partial charge in [0.15, 0.2) is 11.6 Å². The molecule has 0 aliphatic carbocycles. The summed E-state index contributed by atoms with van der Waals surface area (Å²) >= 11 is 0. The first-order valence-electron chi connectivity index (χ1n) is 10.6. The smallest absolute Gasteiger partial charge is 0.253 e. The van der Waals surface area contributed by atoms with E-state index in [1.54, 1.807) is 0 Å². The maximum Gasteiger partial charge on any atom is 0.253 e. The molecule has 0 bridgehead atoms. The summed E-state index contributed by atoms with van der Waals surface area (Å²) in [6.45, 7) is 1.63. The van der Waals surface area contributed by atoms with Crippen molar-refractivity contribution in [3.63, 3.8) is 0 Å². The summed E-state index contributed by atoms with van der Waals surface area (Å²) in [5.74, 6) is -1.34. The fourth-order valence-electron chi connectivity index (χ4n) is 3.85. The molecule has 1 atom stereocenters. The molecule has 1 aliphatic rings. The van der Waals surface area contributed by atoms with Crippen molar-refractivity contribution in [1.29, 1.82) is 0 Å². The molecular formula is C24H26F2N4O2. The highest BCUT2D eigenvalue weighted by molar-refractivity contribution is 5.95. The number of nitrogens with zero attached hydrogens (tertiary/aromatic N) is 3. The van der Waals surface area contributed by atoms with E-state index >= 15 is 0 Å². The van der Waals surface area contributed by atoms with Crippen molar-refractivity contribution in [3.05, 3.63) is 77.1 Å². The molecule has 0 spiro atoms. The third kappa shape index (κ3) is 4.90. The Morgan fingerprint density at radius 1 is 1.19 bits per heavy atom. The number of halogens is 2. The van der Waals surface area contributed by atoms with Crippen LogP contribution in [-0.2, 0) is 6.42 Å². The van der Waals surface area contributed by atoms with E-state index < -0.39 is 11.6 Å². The van der Waals surface area contributed by atoms with E-state index in [0.29, 0.717) is 31.7 Å². The number of hydrogen-bond acceptors (Lipinski definition) is 4. The molecule has 32 heavy (non-hydrogen) atoms. The van der Waals surface area contributed by atoms with Crippen LogP contribution in [0.3, 0.4) is 0 Å². The van der Waals surface area contributed by atoms with Crippen LogP contribution in [0.1, 0.15) is 34.1 Å². The van der Waals surface area contributed by atoms with E-state index in [9.17, 15) is 13.6 Å². The van der Waals surface area contributed by atoms with E-state index in [0.717, 1.165) is 35.6 Å². The van der Waals surface area contributed by atoms with Crippen LogP contribution in [0.2, 0.25) is 0 Å². The number of hydrogen-bond donors (Lipinski definition) is 1. The summed E-state index contributed by atoms with van der Waals surface area (Å²) < 4.78 is 31.7. The fourth-order valence-corrected chi connectivity index (χ4v) is 3.85. The van der Waals surface area contributed by atoms with Crippen LogP contribution in [0.25, 0.3) is 0 Å². The first-order valence-corrected chi connectivity index (χ1v) is 10.6. The second-order valence-electron chi connectivity index (χ2n) is 8.17. The lowest BCUT2D eigenvalue weighted by molar-refractivity contribution is 0.0790. The van der Waals surface area contributed by atoms with Gasteiger partial charge in [-0.1, -0.05) is 6.07 Å². The van der Waals surface area contributed by atoms with Crippen LogP contribution >= 0.6 is 0 Å². The van der Waals surface area contributed by atoms with Crippen LogP contribution in [0.15, 0.2) is 48.5 Å². The van der Waals surface area contributed by atoms with Crippen molar-refractivity contribution >= 4 is 11.6 Å². The highest BCUT2D eigenvalue weighted by Crippen LogP contribution is 2.28.